The third-order valence-corrected chi connectivity index (χ3v) is 1.75. The molecule has 0 radical (unpaired) electrons. The van der Waals surface area contributed by atoms with E-state index in [1.54, 1.807) is 6.92 Å². The van der Waals surface area contributed by atoms with Crippen molar-refractivity contribution < 1.29 is 19.1 Å². The lowest BCUT2D eigenvalue weighted by Crippen LogP contribution is -2.18. The number of esters is 2. The average Bonchev–Trinajstić information content (AvgIpc) is 2.36. The summed E-state index contributed by atoms with van der Waals surface area (Å²) in [5, 5.41) is 2.69. The first-order chi connectivity index (χ1) is 8.17. The van der Waals surface area contributed by atoms with Gasteiger partial charge in [-0.1, -0.05) is 0 Å². The van der Waals surface area contributed by atoms with Crippen molar-refractivity contribution in [2.24, 2.45) is 0 Å². The molecule has 0 unspecified atom stereocenters. The molecule has 0 saturated carbocycles. The van der Waals surface area contributed by atoms with Gasteiger partial charge >= 0.3 is 11.9 Å². The summed E-state index contributed by atoms with van der Waals surface area (Å²) in [4.78, 5) is 29.9. The molecular weight excluding hydrogens is 226 g/mol. The summed E-state index contributed by atoms with van der Waals surface area (Å²) in [6.07, 6.45) is 2.67. The predicted molar refractivity (Wildman–Crippen MR) is 58.5 cm³/mol. The van der Waals surface area contributed by atoms with Crippen LogP contribution >= 0.6 is 0 Å². The number of hydrogen-bond acceptors (Lipinski definition) is 7. The topological polar surface area (TPSA) is 90.4 Å². The Kier molecular flexibility index (Phi) is 4.86. The molecule has 7 heteroatoms. The Bertz CT molecular complexity index is 408. The Morgan fingerprint density at radius 2 is 2.18 bits per heavy atom. The number of hydrogen-bond donors (Lipinski definition) is 1. The van der Waals surface area contributed by atoms with Crippen LogP contribution in [-0.2, 0) is 14.3 Å². The van der Waals surface area contributed by atoms with Gasteiger partial charge in [0.2, 0.25) is 0 Å². The molecule has 1 aromatic rings. The maximum absolute atomic E-state index is 11.2. The Balaban J connectivity index is 2.60. The van der Waals surface area contributed by atoms with E-state index in [4.69, 9.17) is 4.74 Å². The van der Waals surface area contributed by atoms with Crippen LogP contribution in [-0.4, -0.2) is 42.2 Å². The normalized spacial score (nSPS) is 9.53. The standard InChI is InChI=1S/C10H13N3O4/c1-3-17-9(14)6-12-8-5-11-4-7(13-8)10(15)16-2/h4-5H,3,6H2,1-2H3,(H,12,13). The van der Waals surface area contributed by atoms with Gasteiger partial charge in [0.25, 0.3) is 0 Å². The summed E-state index contributed by atoms with van der Waals surface area (Å²) in [5.41, 5.74) is 0.0707. The van der Waals surface area contributed by atoms with Gasteiger partial charge in [-0.05, 0) is 6.92 Å². The average molecular weight is 239 g/mol. The molecule has 0 fully saturated rings. The number of carbonyl (C=O) groups excluding carboxylic acids is 2. The molecule has 0 aliphatic rings. The van der Waals surface area contributed by atoms with Gasteiger partial charge in [0.05, 0.1) is 26.1 Å². The van der Waals surface area contributed by atoms with Gasteiger partial charge in [-0.25, -0.2) is 9.78 Å². The number of rotatable bonds is 5. The van der Waals surface area contributed by atoms with E-state index >= 15 is 0 Å². The molecule has 0 aliphatic carbocycles. The minimum Gasteiger partial charge on any atom is -0.465 e. The molecule has 1 N–H and O–H groups in total. The molecule has 0 atom stereocenters. The third-order valence-electron chi connectivity index (χ3n) is 1.75. The van der Waals surface area contributed by atoms with Crippen LogP contribution in [0.1, 0.15) is 17.4 Å². The Morgan fingerprint density at radius 3 is 2.82 bits per heavy atom. The maximum Gasteiger partial charge on any atom is 0.358 e. The fourth-order valence-electron chi connectivity index (χ4n) is 1.03. The van der Waals surface area contributed by atoms with Crippen molar-refractivity contribution in [3.8, 4) is 0 Å². The first kappa shape index (κ1) is 12.9. The van der Waals surface area contributed by atoms with E-state index in [9.17, 15) is 9.59 Å². The van der Waals surface area contributed by atoms with Gasteiger partial charge in [0.1, 0.15) is 12.4 Å². The highest BCUT2D eigenvalue weighted by atomic mass is 16.5. The highest BCUT2D eigenvalue weighted by molar-refractivity contribution is 5.87. The predicted octanol–water partition coefficient (Wildman–Crippen LogP) is 0.238. The van der Waals surface area contributed by atoms with Gasteiger partial charge in [0.15, 0.2) is 5.69 Å². The molecule has 0 bridgehead atoms. The number of anilines is 1. The smallest absolute Gasteiger partial charge is 0.358 e. The Labute approximate surface area is 98.2 Å². The highest BCUT2D eigenvalue weighted by Gasteiger charge is 2.09. The van der Waals surface area contributed by atoms with E-state index in [1.807, 2.05) is 0 Å². The van der Waals surface area contributed by atoms with Crippen molar-refractivity contribution in [2.45, 2.75) is 6.92 Å². The van der Waals surface area contributed by atoms with Gasteiger partial charge < -0.3 is 14.8 Å². The monoisotopic (exact) mass is 239 g/mol. The molecule has 17 heavy (non-hydrogen) atoms. The second kappa shape index (κ2) is 6.41. The second-order valence-corrected chi connectivity index (χ2v) is 2.94. The molecule has 7 nitrogen and oxygen atoms in total. The summed E-state index contributed by atoms with van der Waals surface area (Å²) < 4.78 is 9.22. The summed E-state index contributed by atoms with van der Waals surface area (Å²) in [5.74, 6) is -0.684. The van der Waals surface area contributed by atoms with Crippen LogP contribution in [0, 0.1) is 0 Å². The van der Waals surface area contributed by atoms with Gasteiger partial charge in [-0.15, -0.1) is 0 Å². The van der Waals surface area contributed by atoms with E-state index in [0.717, 1.165) is 0 Å². The highest BCUT2D eigenvalue weighted by Crippen LogP contribution is 2.02. The van der Waals surface area contributed by atoms with E-state index in [-0.39, 0.29) is 12.2 Å². The first-order valence-corrected chi connectivity index (χ1v) is 4.97. The minimum absolute atomic E-state index is 0.0346. The molecule has 92 valence electrons. The SMILES string of the molecule is CCOC(=O)CNc1cncc(C(=O)OC)n1. The first-order valence-electron chi connectivity index (χ1n) is 4.97. The zero-order chi connectivity index (χ0) is 12.7. The number of ether oxygens (including phenoxy) is 2. The van der Waals surface area contributed by atoms with Crippen molar-refractivity contribution >= 4 is 17.8 Å². The molecule has 1 aromatic heterocycles. The number of methoxy groups -OCH3 is 1. The van der Waals surface area contributed by atoms with Crippen molar-refractivity contribution in [3.05, 3.63) is 18.1 Å². The van der Waals surface area contributed by atoms with Crippen LogP contribution in [0.15, 0.2) is 12.4 Å². The largest absolute Gasteiger partial charge is 0.465 e. The quantitative estimate of drug-likeness (QED) is 0.736. The lowest BCUT2D eigenvalue weighted by atomic mass is 10.4. The van der Waals surface area contributed by atoms with Crippen LogP contribution in [0.2, 0.25) is 0 Å². The Hall–Kier alpha value is -2.18. The van der Waals surface area contributed by atoms with Gasteiger partial charge in [-0.2, -0.15) is 0 Å². The summed E-state index contributed by atoms with van der Waals surface area (Å²) in [6.45, 7) is 2.00. The fraction of sp³-hybridized carbons (Fsp3) is 0.400. The van der Waals surface area contributed by atoms with Crippen molar-refractivity contribution in [1.29, 1.82) is 0 Å². The molecule has 0 saturated heterocycles. The minimum atomic E-state index is -0.586. The summed E-state index contributed by atoms with van der Waals surface area (Å²) in [6, 6.07) is 0. The van der Waals surface area contributed by atoms with Crippen LogP contribution < -0.4 is 5.32 Å². The van der Waals surface area contributed by atoms with Crippen molar-refractivity contribution in [2.75, 3.05) is 25.6 Å². The fourth-order valence-corrected chi connectivity index (χ4v) is 1.03. The number of carbonyl (C=O) groups is 2. The zero-order valence-corrected chi connectivity index (χ0v) is 9.60. The van der Waals surface area contributed by atoms with E-state index < -0.39 is 11.9 Å². The third kappa shape index (κ3) is 4.06. The molecule has 0 amide bonds. The van der Waals surface area contributed by atoms with E-state index in [0.29, 0.717) is 12.4 Å². The zero-order valence-electron chi connectivity index (χ0n) is 9.60. The molecule has 0 aliphatic heterocycles. The van der Waals surface area contributed by atoms with E-state index in [2.05, 4.69) is 20.0 Å². The second-order valence-electron chi connectivity index (χ2n) is 2.94. The Morgan fingerprint density at radius 1 is 1.41 bits per heavy atom. The van der Waals surface area contributed by atoms with Crippen molar-refractivity contribution in [3.63, 3.8) is 0 Å². The maximum atomic E-state index is 11.2. The van der Waals surface area contributed by atoms with Crippen LogP contribution in [0.25, 0.3) is 0 Å². The number of nitrogens with one attached hydrogen (secondary N) is 1. The van der Waals surface area contributed by atoms with Crippen LogP contribution in [0.3, 0.4) is 0 Å². The summed E-state index contributed by atoms with van der Waals surface area (Å²) >= 11 is 0. The number of aromatic nitrogens is 2. The lowest BCUT2D eigenvalue weighted by Gasteiger charge is -2.05. The van der Waals surface area contributed by atoms with Crippen LogP contribution in [0.4, 0.5) is 5.82 Å². The van der Waals surface area contributed by atoms with Gasteiger partial charge in [0, 0.05) is 0 Å². The molecule has 1 rings (SSSR count). The molecule has 0 spiro atoms. The van der Waals surface area contributed by atoms with E-state index in [1.165, 1.54) is 19.5 Å². The molecular formula is C10H13N3O4. The molecule has 1 heterocycles. The van der Waals surface area contributed by atoms with Crippen LogP contribution in [0.5, 0.6) is 0 Å². The van der Waals surface area contributed by atoms with Gasteiger partial charge in [-0.3, -0.25) is 9.78 Å². The number of nitrogens with zero attached hydrogens (tertiary/aromatic N) is 2. The summed E-state index contributed by atoms with van der Waals surface area (Å²) in [7, 11) is 1.25. The molecule has 0 aromatic carbocycles. The lowest BCUT2D eigenvalue weighted by molar-refractivity contribution is -0.140. The van der Waals surface area contributed by atoms with Crippen molar-refractivity contribution in [1.82, 2.24) is 9.97 Å².